The van der Waals surface area contributed by atoms with E-state index in [1.807, 2.05) is 6.07 Å². The Hall–Kier alpha value is -1.97. The van der Waals surface area contributed by atoms with Gasteiger partial charge in [-0.15, -0.1) is 0 Å². The highest BCUT2D eigenvalue weighted by Gasteiger charge is 2.29. The van der Waals surface area contributed by atoms with E-state index in [9.17, 15) is 4.79 Å². The first kappa shape index (κ1) is 14.6. The Morgan fingerprint density at radius 1 is 1.00 bits per heavy atom. The molecule has 0 bridgehead atoms. The van der Waals surface area contributed by atoms with Crippen LogP contribution in [0.3, 0.4) is 0 Å². The number of anilines is 1. The van der Waals surface area contributed by atoms with E-state index in [2.05, 4.69) is 28.0 Å². The second-order valence-electron chi connectivity index (χ2n) is 6.76. The average molecular weight is 312 g/mol. The van der Waals surface area contributed by atoms with E-state index in [1.54, 1.807) is 6.26 Å². The lowest BCUT2D eigenvalue weighted by atomic mass is 9.88. The van der Waals surface area contributed by atoms with Crippen LogP contribution in [0.1, 0.15) is 32.1 Å². The molecule has 2 fully saturated rings. The normalized spacial score (nSPS) is 20.2. The fraction of sp³-hybridized carbons (Fsp3) is 0.526. The quantitative estimate of drug-likeness (QED) is 0.849. The number of rotatable bonds is 2. The first-order chi connectivity index (χ1) is 11.3. The molecule has 1 aliphatic carbocycles. The van der Waals surface area contributed by atoms with Gasteiger partial charge in [-0.3, -0.25) is 4.79 Å². The number of hydrogen-bond donors (Lipinski definition) is 0. The summed E-state index contributed by atoms with van der Waals surface area (Å²) in [6, 6.07) is 8.27. The lowest BCUT2D eigenvalue weighted by Gasteiger charge is -2.38. The molecule has 0 spiro atoms. The van der Waals surface area contributed by atoms with Gasteiger partial charge in [-0.25, -0.2) is 0 Å². The van der Waals surface area contributed by atoms with Crippen LogP contribution in [0.2, 0.25) is 0 Å². The minimum absolute atomic E-state index is 0.281. The van der Waals surface area contributed by atoms with E-state index in [1.165, 1.54) is 19.3 Å². The van der Waals surface area contributed by atoms with Crippen LogP contribution in [0.15, 0.2) is 34.9 Å². The van der Waals surface area contributed by atoms with Crippen LogP contribution in [0.4, 0.5) is 5.69 Å². The van der Waals surface area contributed by atoms with Crippen molar-refractivity contribution < 1.29 is 9.21 Å². The van der Waals surface area contributed by atoms with Crippen molar-refractivity contribution in [2.75, 3.05) is 31.1 Å². The molecule has 23 heavy (non-hydrogen) atoms. The lowest BCUT2D eigenvalue weighted by molar-refractivity contribution is -0.136. The number of para-hydroxylation sites is 1. The minimum Gasteiger partial charge on any atom is -0.462 e. The maximum atomic E-state index is 12.7. The number of furan rings is 1. The fourth-order valence-electron chi connectivity index (χ4n) is 4.00. The molecule has 0 radical (unpaired) electrons. The van der Waals surface area contributed by atoms with Crippen molar-refractivity contribution >= 4 is 22.6 Å². The third-order valence-corrected chi connectivity index (χ3v) is 5.34. The van der Waals surface area contributed by atoms with Crippen molar-refractivity contribution in [3.8, 4) is 0 Å². The maximum Gasteiger partial charge on any atom is 0.225 e. The molecule has 1 saturated carbocycles. The molecule has 2 heterocycles. The molecule has 4 rings (SSSR count). The Kier molecular flexibility index (Phi) is 3.98. The molecule has 1 aromatic heterocycles. The van der Waals surface area contributed by atoms with E-state index < -0.39 is 0 Å². The van der Waals surface area contributed by atoms with Crippen molar-refractivity contribution in [2.24, 2.45) is 5.92 Å². The van der Waals surface area contributed by atoms with Crippen LogP contribution < -0.4 is 4.90 Å². The van der Waals surface area contributed by atoms with E-state index in [0.717, 1.165) is 55.7 Å². The molecule has 2 aromatic rings. The fourth-order valence-corrected chi connectivity index (χ4v) is 4.00. The Morgan fingerprint density at radius 2 is 1.78 bits per heavy atom. The smallest absolute Gasteiger partial charge is 0.225 e. The van der Waals surface area contributed by atoms with E-state index in [-0.39, 0.29) is 5.92 Å². The summed E-state index contributed by atoms with van der Waals surface area (Å²) in [5.41, 5.74) is 2.11. The van der Waals surface area contributed by atoms with E-state index >= 15 is 0 Å². The number of carbonyl (C=O) groups is 1. The third-order valence-electron chi connectivity index (χ3n) is 5.34. The summed E-state index contributed by atoms with van der Waals surface area (Å²) in [7, 11) is 0. The topological polar surface area (TPSA) is 36.7 Å². The molecule has 0 N–H and O–H groups in total. The molecule has 1 saturated heterocycles. The van der Waals surface area contributed by atoms with Crippen molar-refractivity contribution in [1.29, 1.82) is 0 Å². The zero-order valence-electron chi connectivity index (χ0n) is 13.5. The zero-order valence-corrected chi connectivity index (χ0v) is 13.5. The van der Waals surface area contributed by atoms with Gasteiger partial charge in [0.15, 0.2) is 5.58 Å². The lowest BCUT2D eigenvalue weighted by Crippen LogP contribution is -2.50. The molecule has 0 unspecified atom stereocenters. The van der Waals surface area contributed by atoms with Crippen LogP contribution in [-0.2, 0) is 4.79 Å². The molecule has 122 valence electrons. The van der Waals surface area contributed by atoms with Crippen molar-refractivity contribution in [1.82, 2.24) is 4.90 Å². The molecule has 0 atom stereocenters. The molecule has 1 amide bonds. The highest BCUT2D eigenvalue weighted by molar-refractivity contribution is 5.89. The van der Waals surface area contributed by atoms with Gasteiger partial charge in [-0.2, -0.15) is 0 Å². The van der Waals surface area contributed by atoms with Gasteiger partial charge in [0.25, 0.3) is 0 Å². The highest BCUT2D eigenvalue weighted by atomic mass is 16.3. The Balaban J connectivity index is 1.42. The van der Waals surface area contributed by atoms with Gasteiger partial charge in [0, 0.05) is 37.5 Å². The predicted molar refractivity (Wildman–Crippen MR) is 91.6 cm³/mol. The van der Waals surface area contributed by atoms with Gasteiger partial charge in [0.2, 0.25) is 5.91 Å². The molecule has 2 aliphatic rings. The summed E-state index contributed by atoms with van der Waals surface area (Å²) >= 11 is 0. The second kappa shape index (κ2) is 6.26. The highest BCUT2D eigenvalue weighted by Crippen LogP contribution is 2.29. The Morgan fingerprint density at radius 3 is 2.57 bits per heavy atom. The first-order valence-corrected chi connectivity index (χ1v) is 8.83. The Labute approximate surface area is 137 Å². The number of amides is 1. The predicted octanol–water partition coefficient (Wildman–Crippen LogP) is 3.66. The first-order valence-electron chi connectivity index (χ1n) is 8.83. The van der Waals surface area contributed by atoms with Gasteiger partial charge in [-0.05, 0) is 25.0 Å². The van der Waals surface area contributed by atoms with Gasteiger partial charge in [0.1, 0.15) is 0 Å². The number of carbonyl (C=O) groups excluding carboxylic acids is 1. The molecule has 4 heteroatoms. The average Bonchev–Trinajstić information content (AvgIpc) is 3.11. The summed E-state index contributed by atoms with van der Waals surface area (Å²) < 4.78 is 5.65. The third kappa shape index (κ3) is 2.82. The van der Waals surface area contributed by atoms with Crippen LogP contribution >= 0.6 is 0 Å². The summed E-state index contributed by atoms with van der Waals surface area (Å²) in [5, 5.41) is 1.14. The zero-order chi connectivity index (χ0) is 15.6. The number of benzene rings is 1. The molecular weight excluding hydrogens is 288 g/mol. The summed E-state index contributed by atoms with van der Waals surface area (Å²) in [6.45, 7) is 3.43. The standard InChI is InChI=1S/C19H24N2O2/c22-19(16-5-2-1-3-6-16)21-12-10-20(11-13-21)17-8-4-7-15-9-14-23-18(15)17/h4,7-9,14,16H,1-3,5-6,10-13H2. The van der Waals surface area contributed by atoms with E-state index in [0.29, 0.717) is 5.91 Å². The SMILES string of the molecule is O=C(C1CCCCC1)N1CCN(c2cccc3ccoc23)CC1. The monoisotopic (exact) mass is 312 g/mol. The number of fused-ring (bicyclic) bond motifs is 1. The summed E-state index contributed by atoms with van der Waals surface area (Å²) in [4.78, 5) is 17.1. The van der Waals surface area contributed by atoms with Crippen molar-refractivity contribution in [2.45, 2.75) is 32.1 Å². The van der Waals surface area contributed by atoms with Crippen LogP contribution in [-0.4, -0.2) is 37.0 Å². The largest absolute Gasteiger partial charge is 0.462 e. The minimum atomic E-state index is 0.281. The van der Waals surface area contributed by atoms with Gasteiger partial charge >= 0.3 is 0 Å². The van der Waals surface area contributed by atoms with Crippen molar-refractivity contribution in [3.63, 3.8) is 0 Å². The molecule has 4 nitrogen and oxygen atoms in total. The number of hydrogen-bond acceptors (Lipinski definition) is 3. The number of piperazine rings is 1. The van der Waals surface area contributed by atoms with Crippen molar-refractivity contribution in [3.05, 3.63) is 30.5 Å². The van der Waals surface area contributed by atoms with Gasteiger partial charge < -0.3 is 14.2 Å². The van der Waals surface area contributed by atoms with Gasteiger partial charge in [0.05, 0.1) is 12.0 Å². The molecule has 1 aromatic carbocycles. The van der Waals surface area contributed by atoms with Crippen LogP contribution in [0.25, 0.3) is 11.0 Å². The second-order valence-corrected chi connectivity index (χ2v) is 6.76. The molecule has 1 aliphatic heterocycles. The number of nitrogens with zero attached hydrogens (tertiary/aromatic N) is 2. The Bertz CT molecular complexity index is 679. The van der Waals surface area contributed by atoms with Gasteiger partial charge in [-0.1, -0.05) is 31.4 Å². The maximum absolute atomic E-state index is 12.7. The summed E-state index contributed by atoms with van der Waals surface area (Å²) in [6.07, 6.45) is 7.66. The van der Waals surface area contributed by atoms with Crippen LogP contribution in [0.5, 0.6) is 0 Å². The van der Waals surface area contributed by atoms with E-state index in [4.69, 9.17) is 4.42 Å². The van der Waals surface area contributed by atoms with Crippen LogP contribution in [0, 0.1) is 5.92 Å². The molecular formula is C19H24N2O2. The summed E-state index contributed by atoms with van der Waals surface area (Å²) in [5.74, 6) is 0.671.